The molecular weight excluding hydrogens is 484 g/mol. The van der Waals surface area contributed by atoms with Crippen molar-refractivity contribution in [2.75, 3.05) is 11.1 Å². The van der Waals surface area contributed by atoms with Crippen molar-refractivity contribution in [2.45, 2.75) is 32.1 Å². The quantitative estimate of drug-likeness (QED) is 0.413. The van der Waals surface area contributed by atoms with Gasteiger partial charge in [-0.1, -0.05) is 59.2 Å². The Balaban J connectivity index is 1.71. The third-order valence-corrected chi connectivity index (χ3v) is 6.89. The van der Waals surface area contributed by atoms with E-state index in [2.05, 4.69) is 10.5 Å². The first-order valence-corrected chi connectivity index (χ1v) is 12.5. The molecule has 0 aliphatic heterocycles. The van der Waals surface area contributed by atoms with Gasteiger partial charge in [0.2, 0.25) is 0 Å². The summed E-state index contributed by atoms with van der Waals surface area (Å²) in [4.78, 5) is 23.1. The Hall–Kier alpha value is -3.37. The molecule has 0 spiro atoms. The van der Waals surface area contributed by atoms with E-state index in [4.69, 9.17) is 26.0 Å². The molecule has 0 saturated heterocycles. The Bertz CT molecular complexity index is 1290. The highest BCUT2D eigenvalue weighted by Crippen LogP contribution is 2.32. The number of hydrogen-bond acceptors (Lipinski definition) is 7. The van der Waals surface area contributed by atoms with Crippen LogP contribution in [0.5, 0.6) is 0 Å². The molecule has 0 saturated carbocycles. The SMILES string of the molecule is Cc1noc(-c2ccc(CS(=O)(=O)CCC(=O)O)cc2)c1NC(=O)O[C@H](C)c1ccccc1Cl. The average Bonchev–Trinajstić information content (AvgIpc) is 3.13. The first-order chi connectivity index (χ1) is 16.1. The van der Waals surface area contributed by atoms with Crippen LogP contribution in [0, 0.1) is 6.92 Å². The molecule has 2 aromatic carbocycles. The predicted molar refractivity (Wildman–Crippen MR) is 126 cm³/mol. The van der Waals surface area contributed by atoms with Gasteiger partial charge >= 0.3 is 12.1 Å². The van der Waals surface area contributed by atoms with Crippen LogP contribution >= 0.6 is 11.6 Å². The van der Waals surface area contributed by atoms with Gasteiger partial charge in [0, 0.05) is 16.1 Å². The minimum absolute atomic E-state index is 0.278. The fraction of sp³-hybridized carbons (Fsp3) is 0.261. The van der Waals surface area contributed by atoms with Gasteiger partial charge in [-0.3, -0.25) is 10.1 Å². The van der Waals surface area contributed by atoms with Crippen LogP contribution in [0.25, 0.3) is 11.3 Å². The van der Waals surface area contributed by atoms with Gasteiger partial charge in [0.25, 0.3) is 0 Å². The highest BCUT2D eigenvalue weighted by atomic mass is 35.5. The van der Waals surface area contributed by atoms with Crippen LogP contribution in [0.15, 0.2) is 53.1 Å². The number of carboxylic acid groups (broad SMARTS) is 1. The summed E-state index contributed by atoms with van der Waals surface area (Å²) in [6, 6.07) is 13.5. The van der Waals surface area contributed by atoms with Crippen LogP contribution < -0.4 is 5.32 Å². The van der Waals surface area contributed by atoms with Crippen LogP contribution in [-0.4, -0.2) is 36.5 Å². The number of hydrogen-bond donors (Lipinski definition) is 2. The monoisotopic (exact) mass is 506 g/mol. The van der Waals surface area contributed by atoms with Crippen molar-refractivity contribution in [3.05, 3.63) is 70.4 Å². The second-order valence-electron chi connectivity index (χ2n) is 7.60. The van der Waals surface area contributed by atoms with E-state index in [1.165, 1.54) is 0 Å². The van der Waals surface area contributed by atoms with Crippen molar-refractivity contribution in [3.8, 4) is 11.3 Å². The molecule has 0 fully saturated rings. The lowest BCUT2D eigenvalue weighted by atomic mass is 10.1. The van der Waals surface area contributed by atoms with Gasteiger partial charge in [0.1, 0.15) is 17.5 Å². The fourth-order valence-corrected chi connectivity index (χ4v) is 4.82. The van der Waals surface area contributed by atoms with Crippen molar-refractivity contribution < 1.29 is 32.4 Å². The number of sulfone groups is 1. The van der Waals surface area contributed by atoms with E-state index in [-0.39, 0.29) is 11.5 Å². The van der Waals surface area contributed by atoms with Gasteiger partial charge in [-0.15, -0.1) is 0 Å². The van der Waals surface area contributed by atoms with Crippen LogP contribution in [0.4, 0.5) is 10.5 Å². The van der Waals surface area contributed by atoms with E-state index in [0.717, 1.165) is 0 Å². The van der Waals surface area contributed by atoms with Gasteiger partial charge < -0.3 is 14.4 Å². The number of carbonyl (C=O) groups excluding carboxylic acids is 1. The zero-order chi connectivity index (χ0) is 24.9. The van der Waals surface area contributed by atoms with E-state index >= 15 is 0 Å². The molecule has 1 atom stereocenters. The molecule has 1 amide bonds. The molecule has 2 N–H and O–H groups in total. The smallest absolute Gasteiger partial charge is 0.412 e. The maximum atomic E-state index is 12.5. The lowest BCUT2D eigenvalue weighted by molar-refractivity contribution is -0.136. The lowest BCUT2D eigenvalue weighted by Gasteiger charge is -2.15. The first kappa shape index (κ1) is 25.3. The van der Waals surface area contributed by atoms with Crippen molar-refractivity contribution in [3.63, 3.8) is 0 Å². The molecule has 3 rings (SSSR count). The van der Waals surface area contributed by atoms with Crippen LogP contribution in [0.2, 0.25) is 5.02 Å². The number of benzene rings is 2. The normalized spacial score (nSPS) is 12.2. The number of carbonyl (C=O) groups is 2. The maximum absolute atomic E-state index is 12.5. The van der Waals surface area contributed by atoms with E-state index in [0.29, 0.717) is 33.1 Å². The van der Waals surface area contributed by atoms with Crippen molar-refractivity contribution in [2.24, 2.45) is 0 Å². The van der Waals surface area contributed by atoms with E-state index in [9.17, 15) is 18.0 Å². The Morgan fingerprint density at radius 3 is 2.50 bits per heavy atom. The van der Waals surface area contributed by atoms with Crippen molar-refractivity contribution in [1.29, 1.82) is 0 Å². The third kappa shape index (κ3) is 6.58. The number of nitrogens with one attached hydrogen (secondary N) is 1. The molecule has 34 heavy (non-hydrogen) atoms. The number of halogens is 1. The number of rotatable bonds is 9. The molecule has 0 radical (unpaired) electrons. The Kier molecular flexibility index (Phi) is 7.95. The van der Waals surface area contributed by atoms with Crippen molar-refractivity contribution >= 4 is 39.2 Å². The van der Waals surface area contributed by atoms with Gasteiger partial charge in [-0.2, -0.15) is 0 Å². The topological polar surface area (TPSA) is 136 Å². The second kappa shape index (κ2) is 10.7. The number of amides is 1. The van der Waals surface area contributed by atoms with Gasteiger partial charge in [0.15, 0.2) is 15.6 Å². The Morgan fingerprint density at radius 1 is 1.18 bits per heavy atom. The first-order valence-electron chi connectivity index (χ1n) is 10.3. The third-order valence-electron chi connectivity index (χ3n) is 4.95. The molecule has 0 aliphatic rings. The molecule has 3 aromatic rings. The summed E-state index contributed by atoms with van der Waals surface area (Å²) in [5, 5.41) is 15.7. The van der Waals surface area contributed by atoms with Crippen LogP contribution in [-0.2, 0) is 25.1 Å². The Morgan fingerprint density at radius 2 is 1.85 bits per heavy atom. The molecule has 180 valence electrons. The maximum Gasteiger partial charge on any atom is 0.412 e. The molecule has 0 aliphatic carbocycles. The minimum Gasteiger partial charge on any atom is -0.481 e. The zero-order valence-electron chi connectivity index (χ0n) is 18.4. The Labute approximate surface area is 201 Å². The summed E-state index contributed by atoms with van der Waals surface area (Å²) >= 11 is 6.16. The second-order valence-corrected chi connectivity index (χ2v) is 10.2. The van der Waals surface area contributed by atoms with Crippen LogP contribution in [0.1, 0.15) is 36.3 Å². The van der Waals surface area contributed by atoms with Gasteiger partial charge in [-0.05, 0) is 25.5 Å². The number of aryl methyl sites for hydroxylation is 1. The minimum atomic E-state index is -3.56. The molecule has 1 heterocycles. The van der Waals surface area contributed by atoms with Gasteiger partial charge in [0.05, 0.1) is 17.9 Å². The van der Waals surface area contributed by atoms with E-state index in [1.807, 2.05) is 0 Å². The number of aliphatic carboxylic acids is 1. The van der Waals surface area contributed by atoms with Crippen LogP contribution in [0.3, 0.4) is 0 Å². The molecular formula is C23H23ClN2O7S. The number of carboxylic acids is 1. The summed E-state index contributed by atoms with van der Waals surface area (Å²) in [5.74, 6) is -1.61. The number of anilines is 1. The van der Waals surface area contributed by atoms with Crippen molar-refractivity contribution in [1.82, 2.24) is 5.16 Å². The van der Waals surface area contributed by atoms with E-state index in [1.54, 1.807) is 62.4 Å². The fourth-order valence-electron chi connectivity index (χ4n) is 3.20. The molecule has 9 nitrogen and oxygen atoms in total. The summed E-state index contributed by atoms with van der Waals surface area (Å²) in [5.41, 5.74) is 2.46. The molecule has 0 unspecified atom stereocenters. The molecule has 11 heteroatoms. The average molecular weight is 507 g/mol. The lowest BCUT2D eigenvalue weighted by Crippen LogP contribution is -2.17. The predicted octanol–water partition coefficient (Wildman–Crippen LogP) is 5.00. The summed E-state index contributed by atoms with van der Waals surface area (Å²) in [6.45, 7) is 3.36. The van der Waals surface area contributed by atoms with E-state index < -0.39 is 40.2 Å². The number of aromatic nitrogens is 1. The summed E-state index contributed by atoms with van der Waals surface area (Å²) in [7, 11) is -3.56. The molecule has 1 aromatic heterocycles. The van der Waals surface area contributed by atoms with Gasteiger partial charge in [-0.25, -0.2) is 13.2 Å². The number of ether oxygens (including phenoxy) is 1. The standard InChI is InChI=1S/C23H23ClN2O7S/c1-14-21(25-23(29)32-15(2)18-5-3-4-6-19(18)24)22(33-26-14)17-9-7-16(8-10-17)13-34(30,31)12-11-20(27)28/h3-10,15H,11-13H2,1-2H3,(H,25,29)(H,27,28)/t15-/m1/s1. The highest BCUT2D eigenvalue weighted by molar-refractivity contribution is 7.90. The highest BCUT2D eigenvalue weighted by Gasteiger charge is 2.21. The summed E-state index contributed by atoms with van der Waals surface area (Å²) < 4.78 is 35.0. The largest absolute Gasteiger partial charge is 0.481 e. The molecule has 0 bridgehead atoms. The number of nitrogens with zero attached hydrogens (tertiary/aromatic N) is 1. The summed E-state index contributed by atoms with van der Waals surface area (Å²) in [6.07, 6.45) is -1.77. The zero-order valence-corrected chi connectivity index (χ0v) is 20.0.